The summed E-state index contributed by atoms with van der Waals surface area (Å²) in [7, 11) is 0. The number of nitrogens with one attached hydrogen (secondary N) is 1. The lowest BCUT2D eigenvalue weighted by Crippen LogP contribution is -2.46. The Bertz CT molecular complexity index is 1240. The summed E-state index contributed by atoms with van der Waals surface area (Å²) in [5.41, 5.74) is 0.250. The van der Waals surface area contributed by atoms with E-state index >= 15 is 0 Å². The van der Waals surface area contributed by atoms with Gasteiger partial charge in [0.2, 0.25) is 5.69 Å². The molecule has 0 aliphatic rings. The van der Waals surface area contributed by atoms with Crippen LogP contribution in [0.4, 0.5) is 4.39 Å². The average Bonchev–Trinajstić information content (AvgIpc) is 2.71. The Morgan fingerprint density at radius 1 is 1.13 bits per heavy atom. The zero-order chi connectivity index (χ0) is 22.7. The van der Waals surface area contributed by atoms with Crippen molar-refractivity contribution in [3.05, 3.63) is 91.5 Å². The molecule has 7 nitrogen and oxygen atoms in total. The van der Waals surface area contributed by atoms with Crippen molar-refractivity contribution in [3.63, 3.8) is 0 Å². The minimum Gasteiger partial charge on any atom is -0.350 e. The molecule has 0 saturated carbocycles. The van der Waals surface area contributed by atoms with Gasteiger partial charge in [-0.25, -0.2) is 9.18 Å². The molecule has 1 N–H and O–H groups in total. The Kier molecular flexibility index (Phi) is 6.48. The highest BCUT2D eigenvalue weighted by molar-refractivity contribution is 5.91. The molecule has 1 heterocycles. The quantitative estimate of drug-likeness (QED) is 0.659. The fourth-order valence-corrected chi connectivity index (χ4v) is 3.05. The maximum Gasteiger partial charge on any atom is 0.352 e. The van der Waals surface area contributed by atoms with Crippen molar-refractivity contribution in [2.75, 3.05) is 6.54 Å². The Labute approximate surface area is 179 Å². The van der Waals surface area contributed by atoms with E-state index in [-0.39, 0.29) is 18.2 Å². The molecular formula is C23H25FN4O3. The van der Waals surface area contributed by atoms with Gasteiger partial charge in [0, 0.05) is 12.6 Å². The molecule has 0 bridgehead atoms. The van der Waals surface area contributed by atoms with Crippen LogP contribution in [0.5, 0.6) is 0 Å². The van der Waals surface area contributed by atoms with Crippen LogP contribution in [0.25, 0.3) is 5.69 Å². The summed E-state index contributed by atoms with van der Waals surface area (Å²) in [6, 6.07) is 11.5. The number of carbonyl (C=O) groups is 1. The molecule has 2 aromatic carbocycles. The summed E-state index contributed by atoms with van der Waals surface area (Å²) in [6.45, 7) is 7.63. The van der Waals surface area contributed by atoms with Gasteiger partial charge in [0.25, 0.3) is 11.5 Å². The number of nitrogens with zero attached hydrogens (tertiary/aromatic N) is 3. The molecule has 1 amide bonds. The highest BCUT2D eigenvalue weighted by Crippen LogP contribution is 2.11. The van der Waals surface area contributed by atoms with E-state index in [1.165, 1.54) is 12.1 Å². The molecule has 0 aliphatic carbocycles. The van der Waals surface area contributed by atoms with Gasteiger partial charge in [0.05, 0.1) is 12.2 Å². The molecule has 3 aromatic rings. The van der Waals surface area contributed by atoms with E-state index in [9.17, 15) is 18.8 Å². The van der Waals surface area contributed by atoms with Gasteiger partial charge in [0.1, 0.15) is 5.82 Å². The predicted molar refractivity (Wildman–Crippen MR) is 116 cm³/mol. The van der Waals surface area contributed by atoms with Crippen molar-refractivity contribution in [1.29, 1.82) is 0 Å². The van der Waals surface area contributed by atoms with Crippen LogP contribution in [-0.2, 0) is 6.54 Å². The van der Waals surface area contributed by atoms with E-state index in [1.807, 2.05) is 39.0 Å². The van der Waals surface area contributed by atoms with Crippen LogP contribution in [0, 0.1) is 25.6 Å². The number of carbonyl (C=O) groups excluding carboxylic acids is 1. The number of benzene rings is 2. The highest BCUT2D eigenvalue weighted by Gasteiger charge is 2.21. The van der Waals surface area contributed by atoms with Crippen molar-refractivity contribution < 1.29 is 9.18 Å². The third-order valence-corrected chi connectivity index (χ3v) is 4.77. The van der Waals surface area contributed by atoms with E-state index < -0.39 is 28.7 Å². The van der Waals surface area contributed by atoms with E-state index in [4.69, 9.17) is 0 Å². The van der Waals surface area contributed by atoms with Crippen LogP contribution in [0.15, 0.2) is 52.1 Å². The molecule has 0 atom stereocenters. The summed E-state index contributed by atoms with van der Waals surface area (Å²) in [6.07, 6.45) is 0. The fraction of sp³-hybridized carbons (Fsp3) is 0.304. The largest absolute Gasteiger partial charge is 0.352 e. The van der Waals surface area contributed by atoms with Gasteiger partial charge in [-0.3, -0.25) is 14.2 Å². The molecule has 0 spiro atoms. The molecule has 31 heavy (non-hydrogen) atoms. The minimum absolute atomic E-state index is 0.0410. The summed E-state index contributed by atoms with van der Waals surface area (Å²) in [5, 5.41) is 6.66. The Hall–Kier alpha value is -3.55. The van der Waals surface area contributed by atoms with E-state index in [0.29, 0.717) is 12.1 Å². The molecule has 3 rings (SSSR count). The number of hydrogen-bond acceptors (Lipinski definition) is 4. The normalized spacial score (nSPS) is 11.0. The predicted octanol–water partition coefficient (Wildman–Crippen LogP) is 2.58. The summed E-state index contributed by atoms with van der Waals surface area (Å²) in [5.74, 6) is -1.04. The van der Waals surface area contributed by atoms with Crippen molar-refractivity contribution in [3.8, 4) is 5.69 Å². The lowest BCUT2D eigenvalue weighted by atomic mass is 10.1. The molecular weight excluding hydrogens is 399 g/mol. The first-order chi connectivity index (χ1) is 14.7. The van der Waals surface area contributed by atoms with Crippen LogP contribution >= 0.6 is 0 Å². The SMILES string of the molecule is Cc1cccc(Cn2c(=O)c(C(=O)NCC(C)C)nn(-c3ccc(C)c(F)c3)c2=O)c1. The van der Waals surface area contributed by atoms with Crippen molar-refractivity contribution in [1.82, 2.24) is 19.7 Å². The van der Waals surface area contributed by atoms with Gasteiger partial charge in [0.15, 0.2) is 0 Å². The third-order valence-electron chi connectivity index (χ3n) is 4.77. The Morgan fingerprint density at radius 2 is 1.87 bits per heavy atom. The van der Waals surface area contributed by atoms with E-state index in [1.54, 1.807) is 13.0 Å². The lowest BCUT2D eigenvalue weighted by Gasteiger charge is -2.13. The second kappa shape index (κ2) is 9.07. The van der Waals surface area contributed by atoms with Gasteiger partial charge in [-0.2, -0.15) is 9.78 Å². The Morgan fingerprint density at radius 3 is 2.52 bits per heavy atom. The third kappa shape index (κ3) is 4.96. The number of hydrogen-bond donors (Lipinski definition) is 1. The van der Waals surface area contributed by atoms with Crippen molar-refractivity contribution >= 4 is 5.91 Å². The smallest absolute Gasteiger partial charge is 0.350 e. The molecule has 162 valence electrons. The number of rotatable bonds is 6. The summed E-state index contributed by atoms with van der Waals surface area (Å²) >= 11 is 0. The number of halogens is 1. The van der Waals surface area contributed by atoms with E-state index in [2.05, 4.69) is 10.4 Å². The molecule has 1 aromatic heterocycles. The van der Waals surface area contributed by atoms with Gasteiger partial charge in [-0.15, -0.1) is 0 Å². The second-order valence-electron chi connectivity index (χ2n) is 7.96. The first-order valence-electron chi connectivity index (χ1n) is 10.0. The monoisotopic (exact) mass is 424 g/mol. The molecule has 0 aliphatic heterocycles. The number of amides is 1. The average molecular weight is 424 g/mol. The maximum atomic E-state index is 14.1. The molecule has 8 heteroatoms. The van der Waals surface area contributed by atoms with Crippen LogP contribution in [0.1, 0.15) is 41.0 Å². The van der Waals surface area contributed by atoms with Gasteiger partial charge in [-0.05, 0) is 37.0 Å². The summed E-state index contributed by atoms with van der Waals surface area (Å²) < 4.78 is 16.0. The van der Waals surface area contributed by atoms with E-state index in [0.717, 1.165) is 26.4 Å². The Balaban J connectivity index is 2.19. The minimum atomic E-state index is -0.795. The molecule has 0 fully saturated rings. The number of aryl methyl sites for hydroxylation is 2. The highest BCUT2D eigenvalue weighted by atomic mass is 19.1. The standard InChI is InChI=1S/C23H25FN4O3/c1-14(2)12-25-21(29)20-22(30)27(13-17-7-5-6-15(3)10-17)23(31)28(26-20)18-9-8-16(4)19(24)11-18/h5-11,14H,12-13H2,1-4H3,(H,25,29). The zero-order valence-corrected chi connectivity index (χ0v) is 18.0. The van der Waals surface area contributed by atoms with Gasteiger partial charge in [-0.1, -0.05) is 49.7 Å². The van der Waals surface area contributed by atoms with Crippen molar-refractivity contribution in [2.45, 2.75) is 34.2 Å². The van der Waals surface area contributed by atoms with Crippen LogP contribution in [0.2, 0.25) is 0 Å². The van der Waals surface area contributed by atoms with Crippen LogP contribution in [0.3, 0.4) is 0 Å². The zero-order valence-electron chi connectivity index (χ0n) is 18.0. The maximum absolute atomic E-state index is 14.1. The topological polar surface area (TPSA) is 86.0 Å². The van der Waals surface area contributed by atoms with Gasteiger partial charge >= 0.3 is 5.69 Å². The lowest BCUT2D eigenvalue weighted by molar-refractivity contribution is 0.0939. The van der Waals surface area contributed by atoms with Crippen LogP contribution < -0.4 is 16.6 Å². The fourth-order valence-electron chi connectivity index (χ4n) is 3.05. The van der Waals surface area contributed by atoms with Crippen molar-refractivity contribution in [2.24, 2.45) is 5.92 Å². The molecule has 0 saturated heterocycles. The number of aromatic nitrogens is 3. The first-order valence-corrected chi connectivity index (χ1v) is 10.0. The molecule has 0 radical (unpaired) electrons. The van der Waals surface area contributed by atoms with Crippen LogP contribution in [-0.4, -0.2) is 26.8 Å². The first kappa shape index (κ1) is 22.1. The van der Waals surface area contributed by atoms with Gasteiger partial charge < -0.3 is 5.32 Å². The molecule has 0 unspecified atom stereocenters. The second-order valence-corrected chi connectivity index (χ2v) is 7.96. The summed E-state index contributed by atoms with van der Waals surface area (Å²) in [4.78, 5) is 38.8.